The average molecular weight is 154 g/mol. The number of nitrogens with one attached hydrogen (secondary N) is 1. The Morgan fingerprint density at radius 1 is 1.64 bits per heavy atom. The van der Waals surface area contributed by atoms with E-state index in [4.69, 9.17) is 0 Å². The Morgan fingerprint density at radius 2 is 2.45 bits per heavy atom. The molecule has 2 nitrogen and oxygen atoms in total. The zero-order valence-electron chi connectivity index (χ0n) is 7.51. The topological polar surface area (TPSA) is 15.3 Å². The lowest BCUT2D eigenvalue weighted by atomic mass is 10.2. The van der Waals surface area contributed by atoms with Crippen LogP contribution in [0.25, 0.3) is 0 Å². The highest BCUT2D eigenvalue weighted by Crippen LogP contribution is 2.01. The summed E-state index contributed by atoms with van der Waals surface area (Å²) < 4.78 is 0. The van der Waals surface area contributed by atoms with Gasteiger partial charge in [-0.05, 0) is 13.5 Å². The largest absolute Gasteiger partial charge is 0.314 e. The van der Waals surface area contributed by atoms with Gasteiger partial charge in [-0.25, -0.2) is 0 Å². The molecule has 1 aliphatic rings. The summed E-state index contributed by atoms with van der Waals surface area (Å²) in [6.45, 7) is 5.57. The van der Waals surface area contributed by atoms with Gasteiger partial charge in [0.05, 0.1) is 0 Å². The van der Waals surface area contributed by atoms with Gasteiger partial charge in [-0.3, -0.25) is 4.90 Å². The number of hydrogen-bond acceptors (Lipinski definition) is 2. The molecule has 1 saturated heterocycles. The third-order valence-corrected chi connectivity index (χ3v) is 2.15. The van der Waals surface area contributed by atoms with Gasteiger partial charge in [-0.2, -0.15) is 0 Å². The van der Waals surface area contributed by atoms with Gasteiger partial charge in [0.1, 0.15) is 0 Å². The molecule has 1 fully saturated rings. The van der Waals surface area contributed by atoms with Gasteiger partial charge in [0.15, 0.2) is 0 Å². The van der Waals surface area contributed by atoms with E-state index in [9.17, 15) is 0 Å². The quantitative estimate of drug-likeness (QED) is 0.593. The van der Waals surface area contributed by atoms with E-state index >= 15 is 0 Å². The highest BCUT2D eigenvalue weighted by atomic mass is 15.2. The van der Waals surface area contributed by atoms with Crippen LogP contribution in [-0.2, 0) is 0 Å². The first-order valence-corrected chi connectivity index (χ1v) is 4.42. The second-order valence-electron chi connectivity index (χ2n) is 3.09. The number of piperazine rings is 1. The summed E-state index contributed by atoms with van der Waals surface area (Å²) in [6, 6.07) is 0.615. The van der Waals surface area contributed by atoms with Crippen LogP contribution < -0.4 is 5.32 Å². The molecule has 0 aliphatic carbocycles. The van der Waals surface area contributed by atoms with E-state index in [1.165, 1.54) is 6.54 Å². The maximum Gasteiger partial charge on any atom is 0.0400 e. The lowest BCUT2D eigenvalue weighted by Crippen LogP contribution is -2.48. The molecule has 2 heteroatoms. The van der Waals surface area contributed by atoms with Crippen LogP contribution in [0.3, 0.4) is 0 Å². The summed E-state index contributed by atoms with van der Waals surface area (Å²) in [5, 5.41) is 3.38. The van der Waals surface area contributed by atoms with Crippen molar-refractivity contribution in [3.05, 3.63) is 12.2 Å². The van der Waals surface area contributed by atoms with E-state index in [-0.39, 0.29) is 0 Å². The first-order chi connectivity index (χ1) is 5.34. The van der Waals surface area contributed by atoms with Crippen LogP contribution in [0.2, 0.25) is 0 Å². The first kappa shape index (κ1) is 8.75. The van der Waals surface area contributed by atoms with E-state index in [2.05, 4.69) is 36.3 Å². The van der Waals surface area contributed by atoms with Gasteiger partial charge < -0.3 is 5.32 Å². The fourth-order valence-corrected chi connectivity index (χ4v) is 1.34. The molecule has 64 valence electrons. The van der Waals surface area contributed by atoms with Gasteiger partial charge in [0.25, 0.3) is 0 Å². The van der Waals surface area contributed by atoms with Crippen LogP contribution in [0, 0.1) is 0 Å². The molecule has 0 aromatic heterocycles. The Bertz CT molecular complexity index is 132. The monoisotopic (exact) mass is 154 g/mol. The summed E-state index contributed by atoms with van der Waals surface area (Å²) >= 11 is 0. The molecular formula is C9H18N2. The van der Waals surface area contributed by atoms with Gasteiger partial charge in [-0.1, -0.05) is 19.1 Å². The predicted molar refractivity (Wildman–Crippen MR) is 48.7 cm³/mol. The van der Waals surface area contributed by atoms with Gasteiger partial charge >= 0.3 is 0 Å². The summed E-state index contributed by atoms with van der Waals surface area (Å²) in [5.74, 6) is 0. The van der Waals surface area contributed by atoms with Gasteiger partial charge in [-0.15, -0.1) is 0 Å². The molecule has 0 bridgehead atoms. The maximum absolute atomic E-state index is 3.38. The van der Waals surface area contributed by atoms with Crippen molar-refractivity contribution in [1.82, 2.24) is 10.2 Å². The standard InChI is InChI=1S/C9H18N2/c1-3-4-5-9-8-10-6-7-11(9)2/h4-5,9-10H,3,6-8H2,1-2H3/b5-4+. The van der Waals surface area contributed by atoms with Crippen LogP contribution in [0.4, 0.5) is 0 Å². The fraction of sp³-hybridized carbons (Fsp3) is 0.778. The minimum Gasteiger partial charge on any atom is -0.314 e. The second kappa shape index (κ2) is 4.52. The van der Waals surface area contributed by atoms with E-state index in [0.717, 1.165) is 19.5 Å². The minimum atomic E-state index is 0.615. The second-order valence-corrected chi connectivity index (χ2v) is 3.09. The molecule has 0 aromatic carbocycles. The number of rotatable bonds is 2. The number of nitrogens with zero attached hydrogens (tertiary/aromatic N) is 1. The molecule has 1 heterocycles. The van der Waals surface area contributed by atoms with Crippen molar-refractivity contribution in [1.29, 1.82) is 0 Å². The lowest BCUT2D eigenvalue weighted by Gasteiger charge is -2.30. The van der Waals surface area contributed by atoms with E-state index in [1.54, 1.807) is 0 Å². The summed E-state index contributed by atoms with van der Waals surface area (Å²) in [7, 11) is 2.19. The summed E-state index contributed by atoms with van der Waals surface area (Å²) in [6.07, 6.45) is 5.69. The van der Waals surface area contributed by atoms with Crippen molar-refractivity contribution in [2.75, 3.05) is 26.7 Å². The van der Waals surface area contributed by atoms with Crippen molar-refractivity contribution < 1.29 is 0 Å². The number of likely N-dealkylation sites (N-methyl/N-ethyl adjacent to an activating group) is 1. The highest BCUT2D eigenvalue weighted by Gasteiger charge is 2.14. The first-order valence-electron chi connectivity index (χ1n) is 4.42. The Labute approximate surface area is 69.3 Å². The zero-order chi connectivity index (χ0) is 8.10. The minimum absolute atomic E-state index is 0.615. The molecule has 1 aliphatic heterocycles. The molecule has 0 aromatic rings. The molecule has 0 amide bonds. The van der Waals surface area contributed by atoms with Crippen LogP contribution >= 0.6 is 0 Å². The van der Waals surface area contributed by atoms with Crippen LogP contribution in [-0.4, -0.2) is 37.6 Å². The molecule has 1 N–H and O–H groups in total. The summed E-state index contributed by atoms with van der Waals surface area (Å²) in [4.78, 5) is 2.39. The van der Waals surface area contributed by atoms with Crippen LogP contribution in [0.1, 0.15) is 13.3 Å². The van der Waals surface area contributed by atoms with Crippen molar-refractivity contribution in [3.63, 3.8) is 0 Å². The van der Waals surface area contributed by atoms with Crippen molar-refractivity contribution in [2.24, 2.45) is 0 Å². The molecule has 1 rings (SSSR count). The summed E-state index contributed by atoms with van der Waals surface area (Å²) in [5.41, 5.74) is 0. The normalized spacial score (nSPS) is 28.0. The molecule has 0 saturated carbocycles. The Balaban J connectivity index is 2.35. The third-order valence-electron chi connectivity index (χ3n) is 2.15. The van der Waals surface area contributed by atoms with Crippen LogP contribution in [0.5, 0.6) is 0 Å². The predicted octanol–water partition coefficient (Wildman–Crippen LogP) is 0.856. The molecule has 11 heavy (non-hydrogen) atoms. The highest BCUT2D eigenvalue weighted by molar-refractivity contribution is 4.96. The van der Waals surface area contributed by atoms with Gasteiger partial charge in [0, 0.05) is 25.7 Å². The van der Waals surface area contributed by atoms with E-state index in [1.807, 2.05) is 0 Å². The van der Waals surface area contributed by atoms with E-state index < -0.39 is 0 Å². The maximum atomic E-state index is 3.38. The molecular weight excluding hydrogens is 136 g/mol. The smallest absolute Gasteiger partial charge is 0.0400 e. The van der Waals surface area contributed by atoms with Crippen molar-refractivity contribution >= 4 is 0 Å². The Kier molecular flexibility index (Phi) is 3.60. The average Bonchev–Trinajstić information content (AvgIpc) is 2.03. The SMILES string of the molecule is CC/C=C/C1CNCCN1C. The molecule has 0 spiro atoms. The lowest BCUT2D eigenvalue weighted by molar-refractivity contribution is 0.236. The molecule has 0 radical (unpaired) electrons. The Morgan fingerprint density at radius 3 is 3.09 bits per heavy atom. The Hall–Kier alpha value is -0.340. The number of hydrogen-bond donors (Lipinski definition) is 1. The van der Waals surface area contributed by atoms with E-state index in [0.29, 0.717) is 6.04 Å². The fourth-order valence-electron chi connectivity index (χ4n) is 1.34. The zero-order valence-corrected chi connectivity index (χ0v) is 7.51. The van der Waals surface area contributed by atoms with Crippen molar-refractivity contribution in [3.8, 4) is 0 Å². The molecule has 1 atom stereocenters. The van der Waals surface area contributed by atoms with Crippen LogP contribution in [0.15, 0.2) is 12.2 Å². The van der Waals surface area contributed by atoms with Gasteiger partial charge in [0.2, 0.25) is 0 Å². The third kappa shape index (κ3) is 2.64. The van der Waals surface area contributed by atoms with Crippen molar-refractivity contribution in [2.45, 2.75) is 19.4 Å². The number of allylic oxidation sites excluding steroid dienone is 1. The molecule has 1 unspecified atom stereocenters.